The van der Waals surface area contributed by atoms with E-state index in [4.69, 9.17) is 0 Å². The van der Waals surface area contributed by atoms with Crippen molar-refractivity contribution in [2.45, 2.75) is 20.4 Å². The van der Waals surface area contributed by atoms with Crippen molar-refractivity contribution in [2.24, 2.45) is 0 Å². The molecule has 0 atom stereocenters. The third-order valence-electron chi connectivity index (χ3n) is 5.73. The summed E-state index contributed by atoms with van der Waals surface area (Å²) in [4.78, 5) is 29.0. The zero-order valence-corrected chi connectivity index (χ0v) is 18.2. The fraction of sp³-hybridized carbons (Fsp3) is 0.292. The highest BCUT2D eigenvalue weighted by Crippen LogP contribution is 2.19. The molecule has 0 radical (unpaired) electrons. The van der Waals surface area contributed by atoms with E-state index in [2.05, 4.69) is 20.2 Å². The van der Waals surface area contributed by atoms with Gasteiger partial charge in [-0.2, -0.15) is 5.10 Å². The molecule has 0 saturated carbocycles. The van der Waals surface area contributed by atoms with Gasteiger partial charge in [0.25, 0.3) is 5.56 Å². The van der Waals surface area contributed by atoms with E-state index in [0.29, 0.717) is 24.6 Å². The molecule has 4 rings (SSSR count). The van der Waals surface area contributed by atoms with Crippen molar-refractivity contribution in [3.8, 4) is 0 Å². The third-order valence-corrected chi connectivity index (χ3v) is 5.73. The second-order valence-electron chi connectivity index (χ2n) is 7.99. The number of hydrogen-bond acceptors (Lipinski definition) is 5. The number of rotatable bonds is 5. The second-order valence-corrected chi connectivity index (χ2v) is 7.99. The number of aryl methyl sites for hydroxylation is 2. The molecule has 0 unspecified atom stereocenters. The van der Waals surface area contributed by atoms with Gasteiger partial charge in [0.1, 0.15) is 18.2 Å². The van der Waals surface area contributed by atoms with Crippen molar-refractivity contribution in [3.05, 3.63) is 81.9 Å². The molecule has 2 aromatic carbocycles. The number of amides is 1. The lowest BCUT2D eigenvalue weighted by Crippen LogP contribution is -2.47. The maximum Gasteiger partial charge on any atom is 0.267 e. The third kappa shape index (κ3) is 4.96. The van der Waals surface area contributed by atoms with Gasteiger partial charge in [0.05, 0.1) is 0 Å². The summed E-state index contributed by atoms with van der Waals surface area (Å²) in [7, 11) is 0. The number of halogens is 1. The number of aromatic nitrogens is 2. The Morgan fingerprint density at radius 3 is 2.31 bits per heavy atom. The Morgan fingerprint density at radius 1 is 0.938 bits per heavy atom. The van der Waals surface area contributed by atoms with Crippen LogP contribution in [0.25, 0.3) is 0 Å². The van der Waals surface area contributed by atoms with Crippen molar-refractivity contribution in [1.29, 1.82) is 0 Å². The monoisotopic (exact) mass is 435 g/mol. The van der Waals surface area contributed by atoms with E-state index in [1.807, 2.05) is 32.0 Å². The molecule has 0 aliphatic carbocycles. The van der Waals surface area contributed by atoms with Crippen LogP contribution in [0.5, 0.6) is 0 Å². The van der Waals surface area contributed by atoms with Crippen LogP contribution in [-0.2, 0) is 11.3 Å². The van der Waals surface area contributed by atoms with Crippen LogP contribution in [0.3, 0.4) is 0 Å². The van der Waals surface area contributed by atoms with Crippen molar-refractivity contribution in [2.75, 3.05) is 41.3 Å². The van der Waals surface area contributed by atoms with Gasteiger partial charge in [-0.1, -0.05) is 6.07 Å². The van der Waals surface area contributed by atoms with E-state index in [-0.39, 0.29) is 23.8 Å². The summed E-state index contributed by atoms with van der Waals surface area (Å²) >= 11 is 0. The number of hydrogen-bond donors (Lipinski definition) is 1. The first kappa shape index (κ1) is 21.5. The van der Waals surface area contributed by atoms with E-state index in [0.717, 1.165) is 29.9 Å². The second kappa shape index (κ2) is 9.21. The van der Waals surface area contributed by atoms with Gasteiger partial charge in [-0.25, -0.2) is 9.07 Å². The molecule has 2 heterocycles. The minimum atomic E-state index is -0.325. The summed E-state index contributed by atoms with van der Waals surface area (Å²) < 4.78 is 14.4. The molecule has 0 bridgehead atoms. The highest BCUT2D eigenvalue weighted by atomic mass is 19.1. The summed E-state index contributed by atoms with van der Waals surface area (Å²) in [5, 5.41) is 7.25. The molecule has 1 fully saturated rings. The minimum Gasteiger partial charge on any atom is -0.368 e. The number of anilines is 3. The number of piperazine rings is 1. The van der Waals surface area contributed by atoms with E-state index in [1.54, 1.807) is 18.2 Å². The zero-order valence-electron chi connectivity index (χ0n) is 18.2. The van der Waals surface area contributed by atoms with Crippen molar-refractivity contribution in [3.63, 3.8) is 0 Å². The molecule has 1 N–H and O–H groups in total. The average Bonchev–Trinajstić information content (AvgIpc) is 2.78. The molecule has 0 spiro atoms. The SMILES string of the molecule is Cc1ccc(NC(=O)Cn2nc(N3CCN(c4ccc(F)cc4)CC3)ccc2=O)cc1C. The summed E-state index contributed by atoms with van der Waals surface area (Å²) in [5.41, 5.74) is 3.58. The minimum absolute atomic E-state index is 0.158. The molecule has 1 saturated heterocycles. The molecule has 7 nitrogen and oxygen atoms in total. The van der Waals surface area contributed by atoms with Gasteiger partial charge in [0.2, 0.25) is 5.91 Å². The van der Waals surface area contributed by atoms with Crippen LogP contribution in [0.4, 0.5) is 21.6 Å². The standard InChI is InChI=1S/C24H26FN5O2/c1-17-3-6-20(15-18(17)2)26-23(31)16-30-24(32)10-9-22(27-30)29-13-11-28(12-14-29)21-7-4-19(25)5-8-21/h3-10,15H,11-14,16H2,1-2H3,(H,26,31). The molecular formula is C24H26FN5O2. The Kier molecular flexibility index (Phi) is 6.20. The molecule has 32 heavy (non-hydrogen) atoms. The van der Waals surface area contributed by atoms with Gasteiger partial charge in [0, 0.05) is 43.6 Å². The first-order valence-corrected chi connectivity index (χ1v) is 10.6. The van der Waals surface area contributed by atoms with Gasteiger partial charge < -0.3 is 15.1 Å². The van der Waals surface area contributed by atoms with Crippen LogP contribution in [-0.4, -0.2) is 41.9 Å². The Balaban J connectivity index is 1.40. The predicted molar refractivity (Wildman–Crippen MR) is 124 cm³/mol. The van der Waals surface area contributed by atoms with E-state index in [9.17, 15) is 14.0 Å². The quantitative estimate of drug-likeness (QED) is 0.667. The highest BCUT2D eigenvalue weighted by molar-refractivity contribution is 5.90. The number of nitrogens with zero attached hydrogens (tertiary/aromatic N) is 4. The molecule has 1 aliphatic heterocycles. The predicted octanol–water partition coefficient (Wildman–Crippen LogP) is 2.96. The van der Waals surface area contributed by atoms with Crippen LogP contribution in [0.15, 0.2) is 59.4 Å². The maximum absolute atomic E-state index is 13.2. The summed E-state index contributed by atoms with van der Waals surface area (Å²) in [5.74, 6) is 0.101. The van der Waals surface area contributed by atoms with Crippen LogP contribution >= 0.6 is 0 Å². The fourth-order valence-corrected chi connectivity index (χ4v) is 3.72. The molecule has 3 aromatic rings. The van der Waals surface area contributed by atoms with Crippen LogP contribution < -0.4 is 20.7 Å². The topological polar surface area (TPSA) is 70.5 Å². The fourth-order valence-electron chi connectivity index (χ4n) is 3.72. The van der Waals surface area contributed by atoms with Crippen LogP contribution in [0.1, 0.15) is 11.1 Å². The van der Waals surface area contributed by atoms with Gasteiger partial charge >= 0.3 is 0 Å². The van der Waals surface area contributed by atoms with Gasteiger partial charge in [-0.15, -0.1) is 0 Å². The molecule has 1 aliphatic rings. The molecular weight excluding hydrogens is 409 g/mol. The number of benzene rings is 2. The summed E-state index contributed by atoms with van der Waals surface area (Å²) in [6.45, 7) is 6.75. The number of carbonyl (C=O) groups is 1. The van der Waals surface area contributed by atoms with Gasteiger partial charge in [-0.3, -0.25) is 9.59 Å². The first-order chi connectivity index (χ1) is 15.4. The molecule has 8 heteroatoms. The lowest BCUT2D eigenvalue weighted by atomic mass is 10.1. The molecule has 1 aromatic heterocycles. The number of nitrogens with one attached hydrogen (secondary N) is 1. The van der Waals surface area contributed by atoms with Gasteiger partial charge in [0.15, 0.2) is 0 Å². The summed E-state index contributed by atoms with van der Waals surface area (Å²) in [6.07, 6.45) is 0. The largest absolute Gasteiger partial charge is 0.368 e. The van der Waals surface area contributed by atoms with Crippen molar-refractivity contribution < 1.29 is 9.18 Å². The van der Waals surface area contributed by atoms with E-state index < -0.39 is 0 Å². The average molecular weight is 436 g/mol. The Bertz CT molecular complexity index is 1170. The molecule has 1 amide bonds. The van der Waals surface area contributed by atoms with Crippen molar-refractivity contribution in [1.82, 2.24) is 9.78 Å². The first-order valence-electron chi connectivity index (χ1n) is 10.6. The maximum atomic E-state index is 13.2. The lowest BCUT2D eigenvalue weighted by molar-refractivity contribution is -0.117. The number of carbonyl (C=O) groups excluding carboxylic acids is 1. The Labute approximate surface area is 186 Å². The van der Waals surface area contributed by atoms with Crippen LogP contribution in [0, 0.1) is 19.7 Å². The zero-order chi connectivity index (χ0) is 22.7. The van der Waals surface area contributed by atoms with E-state index >= 15 is 0 Å². The lowest BCUT2D eigenvalue weighted by Gasteiger charge is -2.36. The highest BCUT2D eigenvalue weighted by Gasteiger charge is 2.19. The van der Waals surface area contributed by atoms with Crippen LogP contribution in [0.2, 0.25) is 0 Å². The smallest absolute Gasteiger partial charge is 0.267 e. The van der Waals surface area contributed by atoms with Gasteiger partial charge in [-0.05, 0) is 67.4 Å². The van der Waals surface area contributed by atoms with Crippen molar-refractivity contribution >= 4 is 23.1 Å². The molecule has 166 valence electrons. The van der Waals surface area contributed by atoms with E-state index in [1.165, 1.54) is 22.9 Å². The normalized spacial score (nSPS) is 13.8. The Morgan fingerprint density at radius 2 is 1.62 bits per heavy atom. The summed E-state index contributed by atoms with van der Waals surface area (Å²) in [6, 6.07) is 15.3. The Hall–Kier alpha value is -3.68.